The van der Waals surface area contributed by atoms with E-state index >= 15 is 0 Å². The number of rotatable bonds is 5. The second-order valence-electron chi connectivity index (χ2n) is 7.47. The number of aryl methyl sites for hydroxylation is 2. The van der Waals surface area contributed by atoms with Crippen molar-refractivity contribution < 1.29 is 0 Å². The Labute approximate surface area is 172 Å². The molecule has 0 unspecified atom stereocenters. The molecule has 0 aliphatic carbocycles. The van der Waals surface area contributed by atoms with Gasteiger partial charge in [0.25, 0.3) is 0 Å². The van der Waals surface area contributed by atoms with Crippen LogP contribution in [-0.2, 0) is 6.42 Å². The number of anilines is 4. The first-order chi connectivity index (χ1) is 14.2. The van der Waals surface area contributed by atoms with Crippen LogP contribution in [0.1, 0.15) is 23.6 Å². The van der Waals surface area contributed by atoms with E-state index < -0.39 is 0 Å². The van der Waals surface area contributed by atoms with Gasteiger partial charge < -0.3 is 15.1 Å². The lowest BCUT2D eigenvalue weighted by Gasteiger charge is -2.36. The molecule has 0 spiro atoms. The van der Waals surface area contributed by atoms with Crippen molar-refractivity contribution in [2.75, 3.05) is 41.3 Å². The number of nitrogens with zero attached hydrogens (tertiary/aromatic N) is 5. The monoisotopic (exact) mass is 388 g/mol. The van der Waals surface area contributed by atoms with Crippen LogP contribution in [0, 0.1) is 13.8 Å². The maximum Gasteiger partial charge on any atom is 0.247 e. The van der Waals surface area contributed by atoms with Crippen molar-refractivity contribution in [1.29, 1.82) is 0 Å². The summed E-state index contributed by atoms with van der Waals surface area (Å²) < 4.78 is 0. The topological polar surface area (TPSA) is 57.2 Å². The van der Waals surface area contributed by atoms with E-state index in [1.54, 1.807) is 6.20 Å². The van der Waals surface area contributed by atoms with E-state index in [1.807, 2.05) is 6.07 Å². The average Bonchev–Trinajstić information content (AvgIpc) is 2.76. The quantitative estimate of drug-likeness (QED) is 0.709. The normalized spacial score (nSPS) is 14.2. The highest BCUT2D eigenvalue weighted by Crippen LogP contribution is 2.25. The molecule has 6 heteroatoms. The van der Waals surface area contributed by atoms with Gasteiger partial charge >= 0.3 is 0 Å². The fourth-order valence-corrected chi connectivity index (χ4v) is 3.80. The van der Waals surface area contributed by atoms with Gasteiger partial charge in [0.2, 0.25) is 5.95 Å². The summed E-state index contributed by atoms with van der Waals surface area (Å²) in [5.74, 6) is 1.41. The largest absolute Gasteiger partial charge is 0.368 e. The van der Waals surface area contributed by atoms with Crippen LogP contribution in [0.25, 0.3) is 0 Å². The molecule has 4 rings (SSSR count). The Morgan fingerprint density at radius 2 is 1.69 bits per heavy atom. The number of para-hydroxylation sites is 1. The second kappa shape index (κ2) is 8.47. The zero-order valence-corrected chi connectivity index (χ0v) is 17.4. The van der Waals surface area contributed by atoms with Gasteiger partial charge in [0.15, 0.2) is 5.82 Å². The van der Waals surface area contributed by atoms with Crippen LogP contribution in [0.2, 0.25) is 0 Å². The molecule has 1 fully saturated rings. The summed E-state index contributed by atoms with van der Waals surface area (Å²) in [5, 5.41) is 11.9. The average molecular weight is 389 g/mol. The highest BCUT2D eigenvalue weighted by atomic mass is 15.4. The zero-order valence-electron chi connectivity index (χ0n) is 17.4. The Morgan fingerprint density at radius 3 is 2.48 bits per heavy atom. The Hall–Kier alpha value is -3.15. The molecular formula is C23H28N6. The van der Waals surface area contributed by atoms with Crippen molar-refractivity contribution in [3.63, 3.8) is 0 Å². The van der Waals surface area contributed by atoms with Gasteiger partial charge in [-0.05, 0) is 49.1 Å². The highest BCUT2D eigenvalue weighted by molar-refractivity contribution is 5.61. The molecule has 150 valence electrons. The molecule has 0 saturated carbocycles. The highest BCUT2D eigenvalue weighted by Gasteiger charge is 2.21. The number of aromatic nitrogens is 3. The Balaban J connectivity index is 1.45. The molecule has 6 nitrogen and oxygen atoms in total. The fourth-order valence-electron chi connectivity index (χ4n) is 3.80. The molecule has 0 amide bonds. The second-order valence-corrected chi connectivity index (χ2v) is 7.47. The van der Waals surface area contributed by atoms with Crippen LogP contribution in [0.15, 0.2) is 48.7 Å². The number of benzene rings is 2. The van der Waals surface area contributed by atoms with E-state index in [4.69, 9.17) is 4.98 Å². The summed E-state index contributed by atoms with van der Waals surface area (Å²) in [6, 6.07) is 14.8. The molecule has 0 radical (unpaired) electrons. The third-order valence-electron chi connectivity index (χ3n) is 5.69. The lowest BCUT2D eigenvalue weighted by molar-refractivity contribution is 0.634. The number of hydrogen-bond donors (Lipinski definition) is 1. The van der Waals surface area contributed by atoms with Gasteiger partial charge in [-0.3, -0.25) is 0 Å². The third-order valence-corrected chi connectivity index (χ3v) is 5.69. The first-order valence-corrected chi connectivity index (χ1v) is 10.3. The fraction of sp³-hybridized carbons (Fsp3) is 0.348. The molecule has 29 heavy (non-hydrogen) atoms. The van der Waals surface area contributed by atoms with Crippen molar-refractivity contribution >= 4 is 23.1 Å². The van der Waals surface area contributed by atoms with Gasteiger partial charge in [0, 0.05) is 37.6 Å². The van der Waals surface area contributed by atoms with Crippen molar-refractivity contribution in [1.82, 2.24) is 15.2 Å². The maximum atomic E-state index is 4.72. The van der Waals surface area contributed by atoms with Gasteiger partial charge in [0.05, 0.1) is 6.20 Å². The van der Waals surface area contributed by atoms with Gasteiger partial charge in [-0.15, -0.1) is 5.10 Å². The zero-order chi connectivity index (χ0) is 20.2. The predicted octanol–water partition coefficient (Wildman–Crippen LogP) is 4.12. The first-order valence-electron chi connectivity index (χ1n) is 10.3. The molecule has 0 atom stereocenters. The van der Waals surface area contributed by atoms with Crippen LogP contribution in [0.5, 0.6) is 0 Å². The summed E-state index contributed by atoms with van der Waals surface area (Å²) in [6.07, 6.45) is 2.65. The molecule has 1 aliphatic rings. The van der Waals surface area contributed by atoms with Crippen molar-refractivity contribution in [2.45, 2.75) is 27.2 Å². The van der Waals surface area contributed by atoms with E-state index in [9.17, 15) is 0 Å². The molecule has 1 aromatic heterocycles. The molecule has 1 saturated heterocycles. The Kier molecular flexibility index (Phi) is 5.60. The van der Waals surface area contributed by atoms with E-state index in [1.165, 1.54) is 22.4 Å². The van der Waals surface area contributed by atoms with E-state index in [2.05, 4.69) is 82.5 Å². The lowest BCUT2D eigenvalue weighted by atomic mass is 10.1. The summed E-state index contributed by atoms with van der Waals surface area (Å²) in [4.78, 5) is 9.38. The first kappa shape index (κ1) is 19.2. The lowest BCUT2D eigenvalue weighted by Crippen LogP contribution is -2.47. The smallest absolute Gasteiger partial charge is 0.247 e. The standard InChI is InChI=1S/C23H28N6/c1-4-19-9-5-6-10-20(19)25-22-16-24-27-23(26-22)29-14-12-28(13-15-29)21-11-7-8-17(2)18(21)3/h5-11,16H,4,12-15H2,1-3H3,(H,25,26,27). The molecule has 2 heterocycles. The van der Waals surface area contributed by atoms with Crippen LogP contribution in [0.4, 0.5) is 23.1 Å². The number of nitrogens with one attached hydrogen (secondary N) is 1. The maximum absolute atomic E-state index is 4.72. The number of hydrogen-bond acceptors (Lipinski definition) is 6. The van der Waals surface area contributed by atoms with Crippen LogP contribution < -0.4 is 15.1 Å². The molecular weight excluding hydrogens is 360 g/mol. The number of piperazine rings is 1. The van der Waals surface area contributed by atoms with Crippen LogP contribution in [0.3, 0.4) is 0 Å². The minimum atomic E-state index is 0.685. The minimum absolute atomic E-state index is 0.685. The van der Waals surface area contributed by atoms with Crippen molar-refractivity contribution in [3.8, 4) is 0 Å². The van der Waals surface area contributed by atoms with Gasteiger partial charge in [-0.2, -0.15) is 10.1 Å². The summed E-state index contributed by atoms with van der Waals surface area (Å²) in [7, 11) is 0. The molecule has 1 N–H and O–H groups in total. The Morgan fingerprint density at radius 1 is 0.931 bits per heavy atom. The molecule has 3 aromatic rings. The molecule has 2 aromatic carbocycles. The van der Waals surface area contributed by atoms with Crippen LogP contribution in [-0.4, -0.2) is 41.4 Å². The molecule has 0 bridgehead atoms. The predicted molar refractivity (Wildman–Crippen MR) is 119 cm³/mol. The van der Waals surface area contributed by atoms with Crippen molar-refractivity contribution in [3.05, 3.63) is 65.4 Å². The minimum Gasteiger partial charge on any atom is -0.368 e. The molecule has 1 aliphatic heterocycles. The summed E-state index contributed by atoms with van der Waals surface area (Å²) in [6.45, 7) is 10.2. The van der Waals surface area contributed by atoms with Crippen molar-refractivity contribution in [2.24, 2.45) is 0 Å². The van der Waals surface area contributed by atoms with Crippen LogP contribution >= 0.6 is 0 Å². The van der Waals surface area contributed by atoms with Gasteiger partial charge in [0.1, 0.15) is 0 Å². The SMILES string of the molecule is CCc1ccccc1Nc1cnnc(N2CCN(c3cccc(C)c3C)CC2)n1. The summed E-state index contributed by atoms with van der Waals surface area (Å²) >= 11 is 0. The summed E-state index contributed by atoms with van der Waals surface area (Å²) in [5.41, 5.74) is 6.36. The van der Waals surface area contributed by atoms with E-state index in [0.717, 1.165) is 44.1 Å². The van der Waals surface area contributed by atoms with E-state index in [-0.39, 0.29) is 0 Å². The van der Waals surface area contributed by atoms with Gasteiger partial charge in [-0.25, -0.2) is 0 Å². The van der Waals surface area contributed by atoms with E-state index in [0.29, 0.717) is 5.95 Å². The van der Waals surface area contributed by atoms with Gasteiger partial charge in [-0.1, -0.05) is 37.3 Å². The Bertz CT molecular complexity index is 979. The third kappa shape index (κ3) is 4.16.